The minimum absolute atomic E-state index is 0.0692. The Labute approximate surface area is 254 Å². The second-order valence-corrected chi connectivity index (χ2v) is 11.5. The van der Waals surface area contributed by atoms with E-state index >= 15 is 0 Å². The molecule has 2 aromatic rings. The van der Waals surface area contributed by atoms with Crippen molar-refractivity contribution in [3.63, 3.8) is 0 Å². The van der Waals surface area contributed by atoms with Crippen LogP contribution in [-0.2, 0) is 9.59 Å². The van der Waals surface area contributed by atoms with Gasteiger partial charge in [-0.15, -0.1) is 0 Å². The van der Waals surface area contributed by atoms with Crippen LogP contribution in [0.15, 0.2) is 47.5 Å². The fourth-order valence-corrected chi connectivity index (χ4v) is 6.03. The predicted molar refractivity (Wildman–Crippen MR) is 166 cm³/mol. The molecular formula is C33H45N5O5. The molecule has 3 aliphatic rings. The fourth-order valence-electron chi connectivity index (χ4n) is 6.03. The minimum Gasteiger partial charge on any atom is -0.493 e. The molecule has 3 amide bonds. The van der Waals surface area contributed by atoms with Gasteiger partial charge in [-0.1, -0.05) is 52.8 Å². The maximum absolute atomic E-state index is 13.6. The van der Waals surface area contributed by atoms with Crippen LogP contribution in [0, 0.1) is 5.92 Å². The van der Waals surface area contributed by atoms with Gasteiger partial charge in [0.1, 0.15) is 11.5 Å². The third kappa shape index (κ3) is 6.19. The molecule has 0 fully saturated rings. The molecule has 0 radical (unpaired) electrons. The molecule has 0 bridgehead atoms. The van der Waals surface area contributed by atoms with Gasteiger partial charge in [0, 0.05) is 43.1 Å². The highest BCUT2D eigenvalue weighted by atomic mass is 16.5. The second-order valence-electron chi connectivity index (χ2n) is 11.5. The van der Waals surface area contributed by atoms with Crippen LogP contribution in [0.4, 0.5) is 0 Å². The molecule has 0 saturated heterocycles. The van der Waals surface area contributed by atoms with Crippen molar-refractivity contribution in [2.75, 3.05) is 20.7 Å². The third-order valence-corrected chi connectivity index (χ3v) is 8.64. The van der Waals surface area contributed by atoms with Crippen molar-refractivity contribution in [3.05, 3.63) is 59.2 Å². The lowest BCUT2D eigenvalue weighted by atomic mass is 9.86. The molecule has 232 valence electrons. The molecule has 2 aromatic carbocycles. The molecule has 0 saturated carbocycles. The number of para-hydroxylation sites is 1. The van der Waals surface area contributed by atoms with E-state index in [-0.39, 0.29) is 48.5 Å². The number of aliphatic imine (C=N–C) groups is 1. The lowest BCUT2D eigenvalue weighted by Gasteiger charge is -2.43. The first kappa shape index (κ1) is 31.8. The van der Waals surface area contributed by atoms with Crippen molar-refractivity contribution < 1.29 is 23.9 Å². The van der Waals surface area contributed by atoms with Crippen molar-refractivity contribution >= 4 is 23.7 Å². The van der Waals surface area contributed by atoms with Crippen molar-refractivity contribution in [2.45, 2.75) is 84.0 Å². The van der Waals surface area contributed by atoms with Crippen molar-refractivity contribution in [1.29, 1.82) is 0 Å². The maximum atomic E-state index is 13.6. The van der Waals surface area contributed by atoms with Crippen LogP contribution in [0.3, 0.4) is 0 Å². The van der Waals surface area contributed by atoms with Crippen LogP contribution in [0.1, 0.15) is 93.9 Å². The fraction of sp³-hybridized carbons (Fsp3) is 0.515. The van der Waals surface area contributed by atoms with E-state index in [1.54, 1.807) is 32.3 Å². The molecule has 0 aliphatic carbocycles. The summed E-state index contributed by atoms with van der Waals surface area (Å²) in [6.07, 6.45) is 0.974. The number of carbonyl (C=O) groups is 3. The number of hydrogen-bond acceptors (Lipinski definition) is 7. The molecule has 3 heterocycles. The molecule has 3 N–H and O–H groups in total. The molecular weight excluding hydrogens is 546 g/mol. The largest absolute Gasteiger partial charge is 0.493 e. The first-order valence-electron chi connectivity index (χ1n) is 15.3. The Bertz CT molecular complexity index is 1390. The lowest BCUT2D eigenvalue weighted by molar-refractivity contribution is -0.140. The van der Waals surface area contributed by atoms with Crippen molar-refractivity contribution in [1.82, 2.24) is 15.1 Å². The minimum atomic E-state index is -0.814. The zero-order valence-corrected chi connectivity index (χ0v) is 26.3. The number of guanidine groups is 1. The Morgan fingerprint density at radius 3 is 2.44 bits per heavy atom. The van der Waals surface area contributed by atoms with Gasteiger partial charge in [-0.2, -0.15) is 0 Å². The van der Waals surface area contributed by atoms with Gasteiger partial charge in [0.15, 0.2) is 12.1 Å². The highest BCUT2D eigenvalue weighted by Gasteiger charge is 2.45. The zero-order chi connectivity index (χ0) is 31.5. The van der Waals surface area contributed by atoms with Crippen molar-refractivity contribution in [2.24, 2.45) is 16.6 Å². The van der Waals surface area contributed by atoms with Crippen LogP contribution >= 0.6 is 0 Å². The summed E-state index contributed by atoms with van der Waals surface area (Å²) in [7, 11) is 3.33. The molecule has 4 unspecified atom stereocenters. The molecule has 0 aromatic heterocycles. The van der Waals surface area contributed by atoms with Gasteiger partial charge in [0.05, 0.1) is 30.7 Å². The van der Waals surface area contributed by atoms with Crippen LogP contribution < -0.4 is 20.5 Å². The summed E-state index contributed by atoms with van der Waals surface area (Å²) in [5, 5.41) is 3.18. The number of ether oxygens (including phenoxy) is 2. The number of rotatable bonds is 6. The molecule has 10 nitrogen and oxygen atoms in total. The quantitative estimate of drug-likeness (QED) is 0.506. The first-order chi connectivity index (χ1) is 20.6. The molecule has 5 rings (SSSR count). The van der Waals surface area contributed by atoms with Crippen LogP contribution in [0.25, 0.3) is 0 Å². The number of hydrogen-bond donors (Lipinski definition) is 2. The summed E-state index contributed by atoms with van der Waals surface area (Å²) in [6, 6.07) is 12.0. The van der Waals surface area contributed by atoms with E-state index in [9.17, 15) is 14.4 Å². The van der Waals surface area contributed by atoms with E-state index < -0.39 is 17.7 Å². The number of amides is 3. The zero-order valence-electron chi connectivity index (χ0n) is 26.3. The van der Waals surface area contributed by atoms with Gasteiger partial charge in [-0.05, 0) is 37.1 Å². The molecule has 43 heavy (non-hydrogen) atoms. The first-order valence-corrected chi connectivity index (χ1v) is 15.3. The number of benzene rings is 2. The van der Waals surface area contributed by atoms with E-state index in [4.69, 9.17) is 20.2 Å². The van der Waals surface area contributed by atoms with Gasteiger partial charge in [-0.3, -0.25) is 19.3 Å². The number of nitrogens with two attached hydrogens (primary N) is 1. The summed E-state index contributed by atoms with van der Waals surface area (Å²) in [5.74, 6) is 0.769. The number of likely N-dealkylation sites (N-methyl/N-ethyl adjacent to an activating group) is 1. The van der Waals surface area contributed by atoms with Gasteiger partial charge < -0.3 is 25.4 Å². The summed E-state index contributed by atoms with van der Waals surface area (Å²) in [6.45, 7) is 10.5. The second kappa shape index (κ2) is 13.1. The average Bonchev–Trinajstić information content (AvgIpc) is 3.02. The number of nitrogens with one attached hydrogen (secondary N) is 1. The smallest absolute Gasteiger partial charge is 0.263 e. The SMILES string of the molecule is CC.CCC1(CC)CC(=O)N(C2CC(C(=O)N(C)C)Oc3ccc(C(=O)NC4c5ccccc5OCC4C)cc32)C(N)=N1. The normalized spacial score (nSPS) is 23.7. The highest BCUT2D eigenvalue weighted by molar-refractivity contribution is 6.00. The summed E-state index contributed by atoms with van der Waals surface area (Å²) >= 11 is 0. The van der Waals surface area contributed by atoms with Gasteiger partial charge in [-0.25, -0.2) is 4.99 Å². The van der Waals surface area contributed by atoms with Crippen LogP contribution in [-0.4, -0.2) is 65.8 Å². The Hall–Kier alpha value is -4.08. The Balaban J connectivity index is 0.00000207. The monoisotopic (exact) mass is 591 g/mol. The number of fused-ring (bicyclic) bond motifs is 2. The number of carbonyl (C=O) groups excluding carboxylic acids is 3. The van der Waals surface area contributed by atoms with Crippen LogP contribution in [0.2, 0.25) is 0 Å². The lowest BCUT2D eigenvalue weighted by Crippen LogP contribution is -2.54. The standard InChI is InChI=1S/C31H39N5O5.C2H6/c1-6-31(7-2)16-26(37)36(30(32)34-31)22-15-25(29(39)35(4)5)41-24-13-12-19(14-21(22)24)28(38)33-27-18(3)17-40-23-11-9-8-10-20(23)27;1-2/h8-14,18,22,25,27H,6-7,15-17H2,1-5H3,(H2,32,34)(H,33,38);1-2H3. The molecule has 4 atom stereocenters. The van der Waals surface area contributed by atoms with E-state index in [0.717, 1.165) is 11.3 Å². The Kier molecular flexibility index (Phi) is 9.67. The van der Waals surface area contributed by atoms with Gasteiger partial charge in [0.25, 0.3) is 11.8 Å². The average molecular weight is 592 g/mol. The van der Waals surface area contributed by atoms with Gasteiger partial charge in [0.2, 0.25) is 5.91 Å². The van der Waals surface area contributed by atoms with Crippen LogP contribution in [0.5, 0.6) is 11.5 Å². The molecule has 0 spiro atoms. The molecule has 3 aliphatic heterocycles. The highest BCUT2D eigenvalue weighted by Crippen LogP contribution is 2.42. The summed E-state index contributed by atoms with van der Waals surface area (Å²) in [5.41, 5.74) is 7.91. The topological polar surface area (TPSA) is 127 Å². The Morgan fingerprint density at radius 2 is 1.79 bits per heavy atom. The molecule has 10 heteroatoms. The van der Waals surface area contributed by atoms with E-state index in [1.165, 1.54) is 9.80 Å². The summed E-state index contributed by atoms with van der Waals surface area (Å²) < 4.78 is 12.0. The Morgan fingerprint density at radius 1 is 1.09 bits per heavy atom. The number of nitrogens with zero attached hydrogens (tertiary/aromatic N) is 3. The van der Waals surface area contributed by atoms with Gasteiger partial charge >= 0.3 is 0 Å². The summed E-state index contributed by atoms with van der Waals surface area (Å²) in [4.78, 5) is 47.9. The predicted octanol–water partition coefficient (Wildman–Crippen LogP) is 4.60. The maximum Gasteiger partial charge on any atom is 0.263 e. The van der Waals surface area contributed by atoms with E-state index in [2.05, 4.69) is 5.32 Å². The third-order valence-electron chi connectivity index (χ3n) is 8.64. The van der Waals surface area contributed by atoms with Crippen molar-refractivity contribution in [3.8, 4) is 11.5 Å². The van der Waals surface area contributed by atoms with E-state index in [0.29, 0.717) is 36.3 Å². The van der Waals surface area contributed by atoms with E-state index in [1.807, 2.05) is 58.9 Å².